The molecule has 1 aliphatic rings. The van der Waals surface area contributed by atoms with Gasteiger partial charge in [-0.3, -0.25) is 4.99 Å². The van der Waals surface area contributed by atoms with Gasteiger partial charge in [-0.1, -0.05) is 18.2 Å². The summed E-state index contributed by atoms with van der Waals surface area (Å²) in [6, 6.07) is 11.0. The Morgan fingerprint density at radius 2 is 2.00 bits per heavy atom. The van der Waals surface area contributed by atoms with Crippen LogP contribution in [0.25, 0.3) is 0 Å². The van der Waals surface area contributed by atoms with Crippen LogP contribution in [0.5, 0.6) is 0 Å². The molecule has 0 bridgehead atoms. The predicted molar refractivity (Wildman–Crippen MR) is 83.9 cm³/mol. The maximum atomic E-state index is 4.25. The van der Waals surface area contributed by atoms with E-state index in [4.69, 9.17) is 0 Å². The maximum Gasteiger partial charge on any atom is 0.191 e. The Bertz CT molecular complexity index is 424. The molecule has 0 saturated heterocycles. The number of guanidine groups is 1. The van der Waals surface area contributed by atoms with Crippen molar-refractivity contribution in [2.45, 2.75) is 42.4 Å². The van der Waals surface area contributed by atoms with E-state index in [1.54, 1.807) is 0 Å². The number of nitrogens with one attached hydrogen (secondary N) is 2. The molecule has 0 spiro atoms. The molecule has 0 radical (unpaired) electrons. The van der Waals surface area contributed by atoms with Crippen LogP contribution in [0.4, 0.5) is 0 Å². The van der Waals surface area contributed by atoms with E-state index in [1.165, 1.54) is 17.7 Å². The van der Waals surface area contributed by atoms with Gasteiger partial charge in [-0.2, -0.15) is 0 Å². The lowest BCUT2D eigenvalue weighted by molar-refractivity contribution is 0.691. The van der Waals surface area contributed by atoms with Gasteiger partial charge in [0, 0.05) is 29.3 Å². The summed E-state index contributed by atoms with van der Waals surface area (Å²) in [6.45, 7) is 5.22. The minimum Gasteiger partial charge on any atom is -0.355 e. The Hall–Kier alpha value is -1.16. The number of benzene rings is 1. The number of thioether (sulfide) groups is 1. The highest BCUT2D eigenvalue weighted by molar-refractivity contribution is 8.01. The van der Waals surface area contributed by atoms with Gasteiger partial charge in [0.2, 0.25) is 0 Å². The fourth-order valence-electron chi connectivity index (χ4n) is 1.91. The fourth-order valence-corrected chi connectivity index (χ4v) is 3.15. The van der Waals surface area contributed by atoms with Crippen molar-refractivity contribution in [2.24, 2.45) is 4.99 Å². The average molecular weight is 277 g/mol. The molecule has 0 aromatic heterocycles. The van der Waals surface area contributed by atoms with Crippen molar-refractivity contribution in [3.8, 4) is 0 Å². The zero-order chi connectivity index (χ0) is 13.7. The largest absolute Gasteiger partial charge is 0.355 e. The summed E-state index contributed by atoms with van der Waals surface area (Å²) in [5.74, 6) is 0.898. The van der Waals surface area contributed by atoms with Gasteiger partial charge in [-0.15, -0.1) is 11.8 Å². The van der Waals surface area contributed by atoms with Crippen LogP contribution in [-0.2, 0) is 0 Å². The van der Waals surface area contributed by atoms with Gasteiger partial charge < -0.3 is 10.6 Å². The monoisotopic (exact) mass is 277 g/mol. The highest BCUT2D eigenvalue weighted by Gasteiger charge is 2.43. The molecule has 0 unspecified atom stereocenters. The third-order valence-corrected chi connectivity index (χ3v) is 4.61. The summed E-state index contributed by atoms with van der Waals surface area (Å²) in [4.78, 5) is 5.61. The second-order valence-electron chi connectivity index (χ2n) is 5.32. The lowest BCUT2D eigenvalue weighted by Crippen LogP contribution is -2.43. The third-order valence-electron chi connectivity index (χ3n) is 3.11. The van der Waals surface area contributed by atoms with Crippen LogP contribution in [0.3, 0.4) is 0 Å². The van der Waals surface area contributed by atoms with Gasteiger partial charge in [0.25, 0.3) is 0 Å². The van der Waals surface area contributed by atoms with Gasteiger partial charge in [0.1, 0.15) is 0 Å². The van der Waals surface area contributed by atoms with E-state index < -0.39 is 0 Å². The maximum absolute atomic E-state index is 4.25. The van der Waals surface area contributed by atoms with E-state index in [0.717, 1.165) is 12.5 Å². The van der Waals surface area contributed by atoms with Crippen molar-refractivity contribution in [3.05, 3.63) is 30.3 Å². The summed E-state index contributed by atoms with van der Waals surface area (Å²) in [5.41, 5.74) is 0. The molecule has 19 heavy (non-hydrogen) atoms. The third kappa shape index (κ3) is 4.46. The smallest absolute Gasteiger partial charge is 0.191 e. The van der Waals surface area contributed by atoms with Gasteiger partial charge in [-0.05, 0) is 38.8 Å². The zero-order valence-electron chi connectivity index (χ0n) is 11.9. The molecule has 0 atom stereocenters. The Balaban J connectivity index is 1.85. The van der Waals surface area contributed by atoms with Crippen LogP contribution in [-0.4, -0.2) is 30.3 Å². The van der Waals surface area contributed by atoms with Crippen molar-refractivity contribution in [3.63, 3.8) is 0 Å². The summed E-state index contributed by atoms with van der Waals surface area (Å²) < 4.78 is 0.357. The first-order valence-electron chi connectivity index (χ1n) is 6.85. The van der Waals surface area contributed by atoms with Gasteiger partial charge in [-0.25, -0.2) is 0 Å². The van der Waals surface area contributed by atoms with Gasteiger partial charge in [0.15, 0.2) is 5.96 Å². The zero-order valence-corrected chi connectivity index (χ0v) is 12.8. The molecule has 1 aromatic rings. The van der Waals surface area contributed by atoms with Gasteiger partial charge in [0.05, 0.1) is 0 Å². The van der Waals surface area contributed by atoms with E-state index in [-0.39, 0.29) is 0 Å². The molecule has 2 rings (SSSR count). The summed E-state index contributed by atoms with van der Waals surface area (Å²) in [6.07, 6.45) is 2.55. The summed E-state index contributed by atoms with van der Waals surface area (Å²) >= 11 is 1.98. The molecule has 1 aliphatic carbocycles. The topological polar surface area (TPSA) is 36.4 Å². The first-order valence-corrected chi connectivity index (χ1v) is 7.66. The molecule has 1 fully saturated rings. The van der Waals surface area contributed by atoms with Gasteiger partial charge >= 0.3 is 0 Å². The number of hydrogen-bond acceptors (Lipinski definition) is 2. The normalized spacial score (nSPS) is 17.4. The van der Waals surface area contributed by atoms with Crippen molar-refractivity contribution in [2.75, 3.05) is 13.6 Å². The number of rotatable bonds is 5. The SMILES string of the molecule is CN=C(NCC1(Sc2ccccc2)CC1)NC(C)C. The molecule has 104 valence electrons. The number of aliphatic imine (C=N–C) groups is 1. The lowest BCUT2D eigenvalue weighted by Gasteiger charge is -2.19. The molecule has 1 aromatic carbocycles. The van der Waals surface area contributed by atoms with Crippen molar-refractivity contribution < 1.29 is 0 Å². The minimum absolute atomic E-state index is 0.357. The highest BCUT2D eigenvalue weighted by atomic mass is 32.2. The Kier molecular flexibility index (Phi) is 4.75. The van der Waals surface area contributed by atoms with E-state index in [9.17, 15) is 0 Å². The van der Waals surface area contributed by atoms with Crippen LogP contribution >= 0.6 is 11.8 Å². The van der Waals surface area contributed by atoms with E-state index in [0.29, 0.717) is 10.8 Å². The summed E-state index contributed by atoms with van der Waals surface area (Å²) in [5, 5.41) is 6.77. The molecule has 0 heterocycles. The number of nitrogens with zero attached hydrogens (tertiary/aromatic N) is 1. The minimum atomic E-state index is 0.357. The van der Waals surface area contributed by atoms with Crippen LogP contribution < -0.4 is 10.6 Å². The van der Waals surface area contributed by atoms with E-state index in [1.807, 2.05) is 18.8 Å². The second-order valence-corrected chi connectivity index (χ2v) is 6.86. The fraction of sp³-hybridized carbons (Fsp3) is 0.533. The first-order chi connectivity index (χ1) is 9.13. The van der Waals surface area contributed by atoms with Crippen LogP contribution in [0.15, 0.2) is 40.2 Å². The van der Waals surface area contributed by atoms with Crippen LogP contribution in [0, 0.1) is 0 Å². The van der Waals surface area contributed by atoms with Crippen molar-refractivity contribution >= 4 is 17.7 Å². The van der Waals surface area contributed by atoms with Crippen molar-refractivity contribution in [1.82, 2.24) is 10.6 Å². The molecule has 2 N–H and O–H groups in total. The molecular formula is C15H23N3S. The highest BCUT2D eigenvalue weighted by Crippen LogP contribution is 2.51. The molecule has 0 aliphatic heterocycles. The molecule has 0 amide bonds. The Morgan fingerprint density at radius 1 is 1.32 bits per heavy atom. The molecule has 3 nitrogen and oxygen atoms in total. The first kappa shape index (κ1) is 14.3. The average Bonchev–Trinajstić information content (AvgIpc) is 3.15. The molecular weight excluding hydrogens is 254 g/mol. The summed E-state index contributed by atoms with van der Waals surface area (Å²) in [7, 11) is 1.82. The standard InChI is InChI=1S/C15H23N3S/c1-12(2)18-14(16-3)17-11-15(9-10-15)19-13-7-5-4-6-8-13/h4-8,12H,9-11H2,1-3H3,(H2,16,17,18). The molecule has 1 saturated carbocycles. The second kappa shape index (κ2) is 6.33. The van der Waals surface area contributed by atoms with E-state index >= 15 is 0 Å². The number of hydrogen-bond donors (Lipinski definition) is 2. The molecule has 4 heteroatoms. The lowest BCUT2D eigenvalue weighted by atomic mass is 10.4. The van der Waals surface area contributed by atoms with Crippen molar-refractivity contribution in [1.29, 1.82) is 0 Å². The van der Waals surface area contributed by atoms with Crippen LogP contribution in [0.1, 0.15) is 26.7 Å². The Morgan fingerprint density at radius 3 is 2.53 bits per heavy atom. The predicted octanol–water partition coefficient (Wildman–Crippen LogP) is 2.88. The quantitative estimate of drug-likeness (QED) is 0.642. The van der Waals surface area contributed by atoms with Crippen LogP contribution in [0.2, 0.25) is 0 Å². The Labute approximate surface area is 120 Å². The van der Waals surface area contributed by atoms with E-state index in [2.05, 4.69) is 59.8 Å².